The number of ketones is 1. The first kappa shape index (κ1) is 20.2. The van der Waals surface area contributed by atoms with E-state index in [1.807, 2.05) is 38.1 Å². The fraction of sp³-hybridized carbons (Fsp3) is 0.545. The largest absolute Gasteiger partial charge is 0.459 e. The third-order valence-corrected chi connectivity index (χ3v) is 5.21. The molecule has 4 heteroatoms. The van der Waals surface area contributed by atoms with Crippen LogP contribution in [0.2, 0.25) is 0 Å². The lowest BCUT2D eigenvalue weighted by molar-refractivity contribution is -0.127. The predicted octanol–water partition coefficient (Wildman–Crippen LogP) is 4.64. The number of nitrogens with zero attached hydrogens (tertiary/aromatic N) is 1. The van der Waals surface area contributed by atoms with Gasteiger partial charge >= 0.3 is 5.97 Å². The Morgan fingerprint density at radius 2 is 2.00 bits per heavy atom. The molecule has 2 rings (SSSR count). The molecule has 1 aromatic carbocycles. The fourth-order valence-electron chi connectivity index (χ4n) is 3.84. The summed E-state index contributed by atoms with van der Waals surface area (Å²) in [6.07, 6.45) is 4.00. The van der Waals surface area contributed by atoms with E-state index in [1.54, 1.807) is 19.1 Å². The molecule has 2 unspecified atom stereocenters. The molecule has 1 aliphatic rings. The Hall–Kier alpha value is -2.10. The second-order valence-electron chi connectivity index (χ2n) is 8.24. The number of benzene rings is 1. The van der Waals surface area contributed by atoms with E-state index in [9.17, 15) is 9.59 Å². The molecular weight excluding hydrogens is 326 g/mol. The van der Waals surface area contributed by atoms with E-state index in [-0.39, 0.29) is 29.5 Å². The van der Waals surface area contributed by atoms with Crippen LogP contribution in [0.3, 0.4) is 0 Å². The minimum absolute atomic E-state index is 0.0420. The van der Waals surface area contributed by atoms with Crippen LogP contribution in [0.4, 0.5) is 5.69 Å². The number of anilines is 1. The van der Waals surface area contributed by atoms with Gasteiger partial charge in [-0.05, 0) is 50.3 Å². The van der Waals surface area contributed by atoms with Crippen LogP contribution >= 0.6 is 0 Å². The maximum absolute atomic E-state index is 12.9. The molecule has 1 aromatic rings. The summed E-state index contributed by atoms with van der Waals surface area (Å²) in [5.74, 6) is -0.315. The van der Waals surface area contributed by atoms with Crippen LogP contribution < -0.4 is 4.90 Å². The van der Waals surface area contributed by atoms with Crippen molar-refractivity contribution < 1.29 is 14.3 Å². The molecule has 1 aliphatic carbocycles. The van der Waals surface area contributed by atoms with Crippen molar-refractivity contribution in [1.29, 1.82) is 0 Å². The zero-order valence-electron chi connectivity index (χ0n) is 16.8. The molecule has 0 saturated heterocycles. The van der Waals surface area contributed by atoms with Gasteiger partial charge in [0, 0.05) is 32.1 Å². The van der Waals surface area contributed by atoms with Crippen molar-refractivity contribution in [3.8, 4) is 0 Å². The number of carbonyl (C=O) groups excluding carboxylic acids is 2. The van der Waals surface area contributed by atoms with Crippen LogP contribution in [0.25, 0.3) is 0 Å². The van der Waals surface area contributed by atoms with E-state index in [1.165, 1.54) is 0 Å². The van der Waals surface area contributed by atoms with Crippen LogP contribution in [0.1, 0.15) is 57.3 Å². The topological polar surface area (TPSA) is 46.6 Å². The average molecular weight is 357 g/mol. The molecule has 26 heavy (non-hydrogen) atoms. The summed E-state index contributed by atoms with van der Waals surface area (Å²) in [6, 6.07) is 7.31. The van der Waals surface area contributed by atoms with E-state index < -0.39 is 6.10 Å². The zero-order valence-corrected chi connectivity index (χ0v) is 16.8. The van der Waals surface area contributed by atoms with E-state index >= 15 is 0 Å². The SMILES string of the molecule is CC1=CCCC(C)(C)C1C(=O)CC(C)OC(=O)c1cccc(N(C)C)c1. The maximum Gasteiger partial charge on any atom is 0.338 e. The fourth-order valence-corrected chi connectivity index (χ4v) is 3.84. The van der Waals surface area contributed by atoms with Gasteiger partial charge in [-0.2, -0.15) is 0 Å². The Morgan fingerprint density at radius 1 is 1.31 bits per heavy atom. The minimum Gasteiger partial charge on any atom is -0.459 e. The lowest BCUT2D eigenvalue weighted by atomic mass is 9.66. The van der Waals surface area contributed by atoms with Gasteiger partial charge in [-0.1, -0.05) is 31.6 Å². The van der Waals surface area contributed by atoms with Gasteiger partial charge in [0.15, 0.2) is 0 Å². The molecule has 0 spiro atoms. The van der Waals surface area contributed by atoms with Crippen molar-refractivity contribution in [3.05, 3.63) is 41.5 Å². The second-order valence-corrected chi connectivity index (χ2v) is 8.24. The molecule has 4 nitrogen and oxygen atoms in total. The highest BCUT2D eigenvalue weighted by Crippen LogP contribution is 2.42. The van der Waals surface area contributed by atoms with Gasteiger partial charge < -0.3 is 9.64 Å². The summed E-state index contributed by atoms with van der Waals surface area (Å²) >= 11 is 0. The van der Waals surface area contributed by atoms with E-state index in [0.717, 1.165) is 24.1 Å². The lowest BCUT2D eigenvalue weighted by Crippen LogP contribution is -2.36. The molecule has 2 atom stereocenters. The maximum atomic E-state index is 12.9. The number of hydrogen-bond acceptors (Lipinski definition) is 4. The van der Waals surface area contributed by atoms with E-state index in [2.05, 4.69) is 19.9 Å². The lowest BCUT2D eigenvalue weighted by Gasteiger charge is -2.37. The molecule has 0 radical (unpaired) electrons. The Labute approximate surface area is 157 Å². The number of rotatable bonds is 6. The third kappa shape index (κ3) is 4.75. The molecular formula is C22H31NO3. The van der Waals surface area contributed by atoms with Crippen LogP contribution in [0, 0.1) is 11.3 Å². The average Bonchev–Trinajstić information content (AvgIpc) is 2.53. The highest BCUT2D eigenvalue weighted by atomic mass is 16.5. The highest BCUT2D eigenvalue weighted by Gasteiger charge is 2.38. The summed E-state index contributed by atoms with van der Waals surface area (Å²) in [5, 5.41) is 0. The molecule has 0 bridgehead atoms. The van der Waals surface area contributed by atoms with Crippen molar-refractivity contribution >= 4 is 17.4 Å². The molecule has 0 heterocycles. The summed E-state index contributed by atoms with van der Waals surface area (Å²) in [6.45, 7) is 8.12. The quantitative estimate of drug-likeness (QED) is 0.550. The monoisotopic (exact) mass is 357 g/mol. The molecule has 0 aliphatic heterocycles. The predicted molar refractivity (Wildman–Crippen MR) is 106 cm³/mol. The summed E-state index contributed by atoms with van der Waals surface area (Å²) in [4.78, 5) is 27.2. The van der Waals surface area contributed by atoms with Gasteiger partial charge in [0.25, 0.3) is 0 Å². The molecule has 0 N–H and O–H groups in total. The van der Waals surface area contributed by atoms with Crippen LogP contribution in [0.15, 0.2) is 35.9 Å². The van der Waals surface area contributed by atoms with Gasteiger partial charge in [0.1, 0.15) is 11.9 Å². The molecule has 0 saturated carbocycles. The summed E-state index contributed by atoms with van der Waals surface area (Å²) in [7, 11) is 3.85. The van der Waals surface area contributed by atoms with Crippen molar-refractivity contribution in [1.82, 2.24) is 0 Å². The van der Waals surface area contributed by atoms with Crippen molar-refractivity contribution in [2.45, 2.75) is 53.1 Å². The number of esters is 1. The Kier molecular flexibility index (Phi) is 6.27. The van der Waals surface area contributed by atoms with Gasteiger partial charge in [0.05, 0.1) is 5.56 Å². The van der Waals surface area contributed by atoms with E-state index in [0.29, 0.717) is 5.56 Å². The standard InChI is InChI=1S/C22H31NO3/c1-15-9-8-12-22(3,4)20(15)19(24)13-16(2)26-21(25)17-10-7-11-18(14-17)23(5)6/h7,9-11,14,16,20H,8,12-13H2,1-6H3. The van der Waals surface area contributed by atoms with Crippen LogP contribution in [-0.2, 0) is 9.53 Å². The van der Waals surface area contributed by atoms with Crippen molar-refractivity contribution in [3.63, 3.8) is 0 Å². The molecule has 0 aromatic heterocycles. The Bertz CT molecular complexity index is 703. The number of hydrogen-bond donors (Lipinski definition) is 0. The highest BCUT2D eigenvalue weighted by molar-refractivity contribution is 5.91. The molecule has 0 fully saturated rings. The van der Waals surface area contributed by atoms with Crippen molar-refractivity contribution in [2.24, 2.45) is 11.3 Å². The Morgan fingerprint density at radius 3 is 2.62 bits per heavy atom. The van der Waals surface area contributed by atoms with Gasteiger partial charge in [0.2, 0.25) is 0 Å². The first-order chi connectivity index (χ1) is 12.1. The van der Waals surface area contributed by atoms with Crippen molar-refractivity contribution in [2.75, 3.05) is 19.0 Å². The molecule has 0 amide bonds. The summed E-state index contributed by atoms with van der Waals surface area (Å²) in [5.41, 5.74) is 2.54. The normalized spacial score (nSPS) is 20.1. The number of ether oxygens (including phenoxy) is 1. The smallest absolute Gasteiger partial charge is 0.338 e. The third-order valence-electron chi connectivity index (χ3n) is 5.21. The number of Topliss-reactive ketones (excluding diaryl/α,β-unsaturated/α-hetero) is 1. The zero-order chi connectivity index (χ0) is 19.5. The van der Waals surface area contributed by atoms with Gasteiger partial charge in [-0.25, -0.2) is 4.79 Å². The van der Waals surface area contributed by atoms with Crippen LogP contribution in [-0.4, -0.2) is 32.0 Å². The second kappa shape index (κ2) is 8.07. The van der Waals surface area contributed by atoms with E-state index in [4.69, 9.17) is 4.74 Å². The van der Waals surface area contributed by atoms with Crippen LogP contribution in [0.5, 0.6) is 0 Å². The summed E-state index contributed by atoms with van der Waals surface area (Å²) < 4.78 is 5.54. The first-order valence-electron chi connectivity index (χ1n) is 9.29. The number of allylic oxidation sites excluding steroid dienone is 2. The van der Waals surface area contributed by atoms with Gasteiger partial charge in [-0.15, -0.1) is 0 Å². The number of carbonyl (C=O) groups is 2. The Balaban J connectivity index is 2.01. The first-order valence-corrected chi connectivity index (χ1v) is 9.29. The van der Waals surface area contributed by atoms with Gasteiger partial charge in [-0.3, -0.25) is 4.79 Å². The molecule has 142 valence electrons. The minimum atomic E-state index is -0.441.